The number of aliphatic hydroxyl groups excluding tert-OH is 1. The maximum Gasteiger partial charge on any atom is 0.141 e. The summed E-state index contributed by atoms with van der Waals surface area (Å²) in [5.74, 6) is -0.397. The van der Waals surface area contributed by atoms with Crippen LogP contribution < -0.4 is 0 Å². The molecule has 0 spiro atoms. The maximum atomic E-state index is 13.3. The lowest BCUT2D eigenvalue weighted by Crippen LogP contribution is -2.10. The fourth-order valence-corrected chi connectivity index (χ4v) is 1.16. The van der Waals surface area contributed by atoms with Crippen LogP contribution >= 0.6 is 0 Å². The summed E-state index contributed by atoms with van der Waals surface area (Å²) >= 11 is 0. The number of allylic oxidation sites excluding steroid dienone is 7. The minimum absolute atomic E-state index is 0.00958. The molecular formula is C11H12FNO. The molecule has 0 atom stereocenters. The summed E-state index contributed by atoms with van der Waals surface area (Å²) in [5, 5.41) is 9.41. The van der Waals surface area contributed by atoms with Crippen LogP contribution in [-0.2, 0) is 0 Å². The van der Waals surface area contributed by atoms with Gasteiger partial charge < -0.3 is 5.11 Å². The van der Waals surface area contributed by atoms with Gasteiger partial charge in [0, 0.05) is 12.6 Å². The van der Waals surface area contributed by atoms with Crippen LogP contribution in [0.3, 0.4) is 0 Å². The van der Waals surface area contributed by atoms with E-state index in [2.05, 4.69) is 4.99 Å². The Kier molecular flexibility index (Phi) is 3.40. The van der Waals surface area contributed by atoms with Gasteiger partial charge in [0.25, 0.3) is 0 Å². The zero-order chi connectivity index (χ0) is 10.6. The topological polar surface area (TPSA) is 32.6 Å². The first-order chi connectivity index (χ1) is 6.70. The summed E-state index contributed by atoms with van der Waals surface area (Å²) in [6.07, 6.45) is 7.58. The van der Waals surface area contributed by atoms with Gasteiger partial charge in [0.15, 0.2) is 0 Å². The second kappa shape index (κ2) is 4.56. The van der Waals surface area contributed by atoms with Crippen molar-refractivity contribution in [2.45, 2.75) is 6.92 Å². The van der Waals surface area contributed by atoms with E-state index < -0.39 is 0 Å². The Labute approximate surface area is 82.5 Å². The molecule has 3 heteroatoms. The summed E-state index contributed by atoms with van der Waals surface area (Å²) in [5.41, 5.74) is 0.591. The van der Waals surface area contributed by atoms with E-state index in [1.807, 2.05) is 6.92 Å². The van der Waals surface area contributed by atoms with Gasteiger partial charge in [-0.25, -0.2) is 4.39 Å². The normalized spacial score (nSPS) is 23.1. The van der Waals surface area contributed by atoms with Gasteiger partial charge in [-0.2, -0.15) is 0 Å². The van der Waals surface area contributed by atoms with Gasteiger partial charge in [0.2, 0.25) is 0 Å². The fourth-order valence-electron chi connectivity index (χ4n) is 1.16. The van der Waals surface area contributed by atoms with Crippen molar-refractivity contribution in [3.05, 3.63) is 47.5 Å². The van der Waals surface area contributed by atoms with E-state index in [0.717, 1.165) is 0 Å². The van der Waals surface area contributed by atoms with Crippen molar-refractivity contribution in [1.82, 2.24) is 0 Å². The number of hydrogen-bond acceptors (Lipinski definition) is 2. The monoisotopic (exact) mass is 193 g/mol. The lowest BCUT2D eigenvalue weighted by Gasteiger charge is -2.11. The Morgan fingerprint density at radius 3 is 2.71 bits per heavy atom. The number of aliphatic imine (C=N–C) groups is 1. The highest BCUT2D eigenvalue weighted by molar-refractivity contribution is 6.14. The zero-order valence-corrected chi connectivity index (χ0v) is 8.16. The number of hydrogen-bond donors (Lipinski definition) is 1. The number of halogens is 1. The molecule has 0 radical (unpaired) electrons. The van der Waals surface area contributed by atoms with E-state index in [-0.39, 0.29) is 17.3 Å². The van der Waals surface area contributed by atoms with Crippen LogP contribution in [0, 0.1) is 0 Å². The summed E-state index contributed by atoms with van der Waals surface area (Å²) in [6.45, 7) is 1.83. The maximum absolute atomic E-state index is 13.3. The standard InChI is InChI=1S/C11H12FNO/c1-3-4-5-8-9(12)6-7-10(14)11(8)13-2/h3-7,14H,1-2H3/b4-3-,8-5-,13-11?. The first kappa shape index (κ1) is 10.4. The van der Waals surface area contributed by atoms with Crippen molar-refractivity contribution in [3.8, 4) is 0 Å². The molecule has 0 aromatic rings. The lowest BCUT2D eigenvalue weighted by molar-refractivity contribution is 0.441. The van der Waals surface area contributed by atoms with E-state index in [1.54, 1.807) is 18.2 Å². The molecule has 0 unspecified atom stereocenters. The highest BCUT2D eigenvalue weighted by Gasteiger charge is 2.18. The molecule has 0 aromatic heterocycles. The second-order valence-corrected chi connectivity index (χ2v) is 2.74. The van der Waals surface area contributed by atoms with Gasteiger partial charge in [-0.1, -0.05) is 18.2 Å². The third-order valence-electron chi connectivity index (χ3n) is 1.82. The van der Waals surface area contributed by atoms with Crippen molar-refractivity contribution in [2.75, 3.05) is 7.05 Å². The van der Waals surface area contributed by atoms with Gasteiger partial charge in [-0.05, 0) is 19.1 Å². The average molecular weight is 193 g/mol. The first-order valence-corrected chi connectivity index (χ1v) is 4.28. The second-order valence-electron chi connectivity index (χ2n) is 2.74. The summed E-state index contributed by atoms with van der Waals surface area (Å²) in [4.78, 5) is 3.83. The summed E-state index contributed by atoms with van der Waals surface area (Å²) in [7, 11) is 1.52. The average Bonchev–Trinajstić information content (AvgIpc) is 2.19. The Bertz CT molecular complexity index is 373. The van der Waals surface area contributed by atoms with Crippen LogP contribution in [-0.4, -0.2) is 17.9 Å². The zero-order valence-electron chi connectivity index (χ0n) is 8.16. The third-order valence-corrected chi connectivity index (χ3v) is 1.82. The molecular weight excluding hydrogens is 181 g/mol. The minimum atomic E-state index is -0.387. The minimum Gasteiger partial charge on any atom is -0.506 e. The smallest absolute Gasteiger partial charge is 0.141 e. The predicted molar refractivity (Wildman–Crippen MR) is 56.2 cm³/mol. The highest BCUT2D eigenvalue weighted by Crippen LogP contribution is 2.22. The van der Waals surface area contributed by atoms with E-state index in [1.165, 1.54) is 19.2 Å². The summed E-state index contributed by atoms with van der Waals surface area (Å²) < 4.78 is 13.3. The molecule has 2 nitrogen and oxygen atoms in total. The van der Waals surface area contributed by atoms with E-state index in [4.69, 9.17) is 0 Å². The van der Waals surface area contributed by atoms with Crippen molar-refractivity contribution in [2.24, 2.45) is 4.99 Å². The lowest BCUT2D eigenvalue weighted by atomic mass is 10.0. The van der Waals surface area contributed by atoms with Crippen LogP contribution in [0.15, 0.2) is 52.5 Å². The molecule has 14 heavy (non-hydrogen) atoms. The van der Waals surface area contributed by atoms with Gasteiger partial charge in [0.1, 0.15) is 17.3 Å². The van der Waals surface area contributed by atoms with Crippen molar-refractivity contribution < 1.29 is 9.50 Å². The first-order valence-electron chi connectivity index (χ1n) is 4.28. The molecule has 0 aromatic carbocycles. The molecule has 0 saturated heterocycles. The molecule has 74 valence electrons. The molecule has 1 aliphatic carbocycles. The van der Waals surface area contributed by atoms with Crippen LogP contribution in [0.25, 0.3) is 0 Å². The van der Waals surface area contributed by atoms with Gasteiger partial charge in [0.05, 0.1) is 0 Å². The fraction of sp³-hybridized carbons (Fsp3) is 0.182. The van der Waals surface area contributed by atoms with Crippen molar-refractivity contribution in [3.63, 3.8) is 0 Å². The number of aliphatic hydroxyl groups is 1. The third kappa shape index (κ3) is 1.99. The Hall–Kier alpha value is -1.64. The molecule has 0 bridgehead atoms. The number of rotatable bonds is 1. The number of nitrogens with zero attached hydrogens (tertiary/aromatic N) is 1. The molecule has 0 fully saturated rings. The van der Waals surface area contributed by atoms with Crippen LogP contribution in [0.4, 0.5) is 4.39 Å². The van der Waals surface area contributed by atoms with Gasteiger partial charge in [-0.3, -0.25) is 4.99 Å². The quantitative estimate of drug-likeness (QED) is 0.682. The molecule has 0 saturated carbocycles. The molecule has 0 heterocycles. The Morgan fingerprint density at radius 1 is 1.43 bits per heavy atom. The Morgan fingerprint density at radius 2 is 2.14 bits per heavy atom. The van der Waals surface area contributed by atoms with Crippen molar-refractivity contribution in [1.29, 1.82) is 0 Å². The molecule has 0 aliphatic heterocycles. The van der Waals surface area contributed by atoms with Crippen LogP contribution in [0.5, 0.6) is 0 Å². The largest absolute Gasteiger partial charge is 0.506 e. The molecule has 1 aliphatic rings. The van der Waals surface area contributed by atoms with Crippen LogP contribution in [0.2, 0.25) is 0 Å². The molecule has 1 rings (SSSR count). The molecule has 0 amide bonds. The van der Waals surface area contributed by atoms with Gasteiger partial charge in [-0.15, -0.1) is 0 Å². The predicted octanol–water partition coefficient (Wildman–Crippen LogP) is 2.87. The SMILES string of the molecule is C/C=C\C=C1\C(F)=CC=C(O)C1=NC. The van der Waals surface area contributed by atoms with E-state index in [9.17, 15) is 9.50 Å². The van der Waals surface area contributed by atoms with E-state index in [0.29, 0.717) is 5.57 Å². The Balaban J connectivity index is 3.17. The van der Waals surface area contributed by atoms with E-state index >= 15 is 0 Å². The summed E-state index contributed by atoms with van der Waals surface area (Å²) in [6, 6.07) is 0. The van der Waals surface area contributed by atoms with Gasteiger partial charge >= 0.3 is 0 Å². The van der Waals surface area contributed by atoms with Crippen LogP contribution in [0.1, 0.15) is 6.92 Å². The highest BCUT2D eigenvalue weighted by atomic mass is 19.1. The molecule has 1 N–H and O–H groups in total. The van der Waals surface area contributed by atoms with Crippen molar-refractivity contribution >= 4 is 5.71 Å².